The summed E-state index contributed by atoms with van der Waals surface area (Å²) in [6, 6.07) is 27.5. The zero-order valence-electron chi connectivity index (χ0n) is 15.2. The molecule has 130 valence electrons. The van der Waals surface area contributed by atoms with Crippen molar-refractivity contribution in [3.63, 3.8) is 0 Å². The van der Waals surface area contributed by atoms with Crippen LogP contribution in [-0.4, -0.2) is 0 Å². The van der Waals surface area contributed by atoms with Crippen molar-refractivity contribution in [2.45, 2.75) is 6.54 Å². The average Bonchev–Trinajstić information content (AvgIpc) is 2.76. The van der Waals surface area contributed by atoms with E-state index in [4.69, 9.17) is 0 Å². The number of rotatable bonds is 5. The van der Waals surface area contributed by atoms with Crippen LogP contribution in [0.25, 0.3) is 22.9 Å². The van der Waals surface area contributed by atoms with Gasteiger partial charge in [-0.15, -0.1) is 0 Å². The molecule has 4 rings (SSSR count). The van der Waals surface area contributed by atoms with E-state index < -0.39 is 0 Å². The Morgan fingerprint density at radius 2 is 1.26 bits per heavy atom. The fourth-order valence-corrected chi connectivity index (χ4v) is 3.12. The number of para-hydroxylation sites is 1. The molecule has 0 N–H and O–H groups in total. The first kappa shape index (κ1) is 16.9. The van der Waals surface area contributed by atoms with Gasteiger partial charge in [0.2, 0.25) is 5.69 Å². The number of aromatic nitrogens is 2. The average molecular weight is 350 g/mol. The standard InChI is InChI=1S/C25H22N2/c1-2-21-8-10-22(11-9-21)20-26-16-12-23(13-17-26)24-14-18-27(19-15-24)25-6-4-3-5-7-25/h2-19H,1,20H2/q+2. The zero-order chi connectivity index (χ0) is 18.5. The Bertz CT molecular complexity index is 1020. The first-order valence-corrected chi connectivity index (χ1v) is 9.09. The maximum absolute atomic E-state index is 3.80. The molecule has 4 aromatic rings. The molecule has 2 heterocycles. The van der Waals surface area contributed by atoms with Gasteiger partial charge in [0.1, 0.15) is 0 Å². The van der Waals surface area contributed by atoms with Crippen LogP contribution in [0.2, 0.25) is 0 Å². The lowest BCUT2D eigenvalue weighted by atomic mass is 10.1. The number of hydrogen-bond donors (Lipinski definition) is 0. The third-order valence-electron chi connectivity index (χ3n) is 4.69. The van der Waals surface area contributed by atoms with Crippen molar-refractivity contribution < 1.29 is 9.13 Å². The fraction of sp³-hybridized carbons (Fsp3) is 0.0400. The largest absolute Gasteiger partial charge is 0.210 e. The van der Waals surface area contributed by atoms with Crippen molar-refractivity contribution in [1.29, 1.82) is 0 Å². The van der Waals surface area contributed by atoms with E-state index in [0.29, 0.717) is 0 Å². The smallest absolute Gasteiger partial charge is 0.201 e. The van der Waals surface area contributed by atoms with Crippen LogP contribution in [-0.2, 0) is 6.54 Å². The van der Waals surface area contributed by atoms with Gasteiger partial charge < -0.3 is 0 Å². The number of benzene rings is 2. The van der Waals surface area contributed by atoms with E-state index in [1.807, 2.05) is 12.1 Å². The van der Waals surface area contributed by atoms with E-state index in [1.54, 1.807) is 0 Å². The van der Waals surface area contributed by atoms with Crippen molar-refractivity contribution in [3.8, 4) is 16.8 Å². The second-order valence-corrected chi connectivity index (χ2v) is 6.53. The van der Waals surface area contributed by atoms with Crippen molar-refractivity contribution in [3.05, 3.63) is 121 Å². The normalized spacial score (nSPS) is 10.5. The molecule has 2 aromatic heterocycles. The van der Waals surface area contributed by atoms with Crippen LogP contribution in [0.15, 0.2) is 110 Å². The SMILES string of the molecule is C=Cc1ccc(C[n+]2ccc(-c3cc[n+](-c4ccccc4)cc3)cc2)cc1. The van der Waals surface area contributed by atoms with Crippen LogP contribution >= 0.6 is 0 Å². The molecule has 2 heteroatoms. The summed E-state index contributed by atoms with van der Waals surface area (Å²) in [6.07, 6.45) is 10.3. The molecule has 0 aliphatic rings. The van der Waals surface area contributed by atoms with Gasteiger partial charge in [0.05, 0.1) is 0 Å². The molecule has 0 atom stereocenters. The van der Waals surface area contributed by atoms with Gasteiger partial charge in [-0.3, -0.25) is 0 Å². The molecule has 2 aromatic carbocycles. The molecule has 0 fully saturated rings. The van der Waals surface area contributed by atoms with Gasteiger partial charge in [-0.2, -0.15) is 4.57 Å². The highest BCUT2D eigenvalue weighted by Gasteiger charge is 2.08. The highest BCUT2D eigenvalue weighted by molar-refractivity contribution is 5.61. The van der Waals surface area contributed by atoms with Gasteiger partial charge in [0, 0.05) is 42.0 Å². The Labute approximate surface area is 160 Å². The number of hydrogen-bond acceptors (Lipinski definition) is 0. The fourth-order valence-electron chi connectivity index (χ4n) is 3.12. The highest BCUT2D eigenvalue weighted by atomic mass is 14.9. The van der Waals surface area contributed by atoms with Gasteiger partial charge >= 0.3 is 0 Å². The predicted molar refractivity (Wildman–Crippen MR) is 109 cm³/mol. The third kappa shape index (κ3) is 4.01. The summed E-state index contributed by atoms with van der Waals surface area (Å²) < 4.78 is 4.32. The van der Waals surface area contributed by atoms with Gasteiger partial charge in [0.25, 0.3) is 0 Å². The van der Waals surface area contributed by atoms with E-state index in [9.17, 15) is 0 Å². The van der Waals surface area contributed by atoms with E-state index in [-0.39, 0.29) is 0 Å². The maximum Gasteiger partial charge on any atom is 0.210 e. The Balaban J connectivity index is 1.49. The summed E-state index contributed by atoms with van der Waals surface area (Å²) >= 11 is 0. The lowest BCUT2D eigenvalue weighted by molar-refractivity contribution is -0.688. The van der Waals surface area contributed by atoms with Gasteiger partial charge in [-0.1, -0.05) is 55.1 Å². The van der Waals surface area contributed by atoms with Crippen molar-refractivity contribution in [1.82, 2.24) is 0 Å². The Kier molecular flexibility index (Phi) is 4.88. The number of pyridine rings is 2. The lowest BCUT2D eigenvalue weighted by Crippen LogP contribution is -2.33. The molecular weight excluding hydrogens is 328 g/mol. The van der Waals surface area contributed by atoms with Crippen LogP contribution < -0.4 is 9.13 Å². The summed E-state index contributed by atoms with van der Waals surface area (Å²) in [4.78, 5) is 0. The minimum absolute atomic E-state index is 0.862. The van der Waals surface area contributed by atoms with E-state index in [1.165, 1.54) is 16.7 Å². The van der Waals surface area contributed by atoms with Crippen molar-refractivity contribution in [2.75, 3.05) is 0 Å². The minimum Gasteiger partial charge on any atom is -0.201 e. The lowest BCUT2D eigenvalue weighted by Gasteiger charge is -2.02. The topological polar surface area (TPSA) is 7.76 Å². The maximum atomic E-state index is 3.80. The molecular formula is C25H22N2+2. The molecule has 0 spiro atoms. The van der Waals surface area contributed by atoms with Crippen LogP contribution in [0, 0.1) is 0 Å². The van der Waals surface area contributed by atoms with Crippen LogP contribution in [0.4, 0.5) is 0 Å². The van der Waals surface area contributed by atoms with E-state index >= 15 is 0 Å². The van der Waals surface area contributed by atoms with Crippen LogP contribution in [0.3, 0.4) is 0 Å². The number of nitrogens with zero attached hydrogens (tertiary/aromatic N) is 2. The molecule has 0 bridgehead atoms. The molecule has 0 saturated carbocycles. The van der Waals surface area contributed by atoms with Crippen molar-refractivity contribution in [2.24, 2.45) is 0 Å². The highest BCUT2D eigenvalue weighted by Crippen LogP contribution is 2.16. The molecule has 0 aliphatic heterocycles. The summed E-state index contributed by atoms with van der Waals surface area (Å²) in [5.41, 5.74) is 6.02. The first-order valence-electron chi connectivity index (χ1n) is 9.09. The molecule has 0 unspecified atom stereocenters. The molecule has 0 saturated heterocycles. The van der Waals surface area contributed by atoms with Crippen molar-refractivity contribution >= 4 is 6.08 Å². The first-order chi connectivity index (χ1) is 13.3. The Morgan fingerprint density at radius 3 is 1.85 bits per heavy atom. The zero-order valence-corrected chi connectivity index (χ0v) is 15.2. The second kappa shape index (κ2) is 7.79. The molecule has 0 radical (unpaired) electrons. The van der Waals surface area contributed by atoms with E-state index in [2.05, 4.69) is 113 Å². The van der Waals surface area contributed by atoms with Crippen LogP contribution in [0.5, 0.6) is 0 Å². The minimum atomic E-state index is 0.862. The summed E-state index contributed by atoms with van der Waals surface area (Å²) in [5, 5.41) is 0. The molecule has 2 nitrogen and oxygen atoms in total. The molecule has 27 heavy (non-hydrogen) atoms. The van der Waals surface area contributed by atoms with Gasteiger partial charge in [-0.05, 0) is 16.7 Å². The molecule has 0 aliphatic carbocycles. The van der Waals surface area contributed by atoms with E-state index in [0.717, 1.165) is 17.8 Å². The monoisotopic (exact) mass is 350 g/mol. The predicted octanol–water partition coefficient (Wildman–Crippen LogP) is 4.61. The summed E-state index contributed by atoms with van der Waals surface area (Å²) in [7, 11) is 0. The summed E-state index contributed by atoms with van der Waals surface area (Å²) in [5.74, 6) is 0. The Morgan fingerprint density at radius 1 is 0.667 bits per heavy atom. The quantitative estimate of drug-likeness (QED) is 0.465. The van der Waals surface area contributed by atoms with Gasteiger partial charge in [-0.25, -0.2) is 4.57 Å². The summed E-state index contributed by atoms with van der Waals surface area (Å²) in [6.45, 7) is 4.66. The Hall–Kier alpha value is -3.52. The second-order valence-electron chi connectivity index (χ2n) is 6.53. The third-order valence-corrected chi connectivity index (χ3v) is 4.69. The molecule has 0 amide bonds. The van der Waals surface area contributed by atoms with Crippen LogP contribution in [0.1, 0.15) is 11.1 Å². The van der Waals surface area contributed by atoms with Gasteiger partial charge in [0.15, 0.2) is 31.3 Å².